The van der Waals surface area contributed by atoms with Crippen LogP contribution in [-0.4, -0.2) is 76.3 Å². The highest BCUT2D eigenvalue weighted by Gasteiger charge is 2.47. The van der Waals surface area contributed by atoms with Crippen molar-refractivity contribution in [3.05, 3.63) is 114 Å². The second-order valence-electron chi connectivity index (χ2n) is 11.2. The molecule has 0 bridgehead atoms. The Labute approximate surface area is 307 Å². The highest BCUT2D eigenvalue weighted by molar-refractivity contribution is 8.00. The number of nitrogens with zero attached hydrogens (tertiary/aromatic N) is 4. The molecule has 1 aromatic heterocycles. The van der Waals surface area contributed by atoms with Gasteiger partial charge in [0.25, 0.3) is 0 Å². The molecule has 13 nitrogen and oxygen atoms in total. The van der Waals surface area contributed by atoms with Gasteiger partial charge in [-0.15, -0.1) is 11.8 Å². The molecule has 280 valence electrons. The molecule has 3 aromatic rings. The summed E-state index contributed by atoms with van der Waals surface area (Å²) in [4.78, 5) is 40.7. The average molecular weight is 757 g/mol. The molecule has 0 amide bonds. The summed E-state index contributed by atoms with van der Waals surface area (Å²) in [5, 5.41) is 11.8. The highest BCUT2D eigenvalue weighted by Crippen LogP contribution is 2.42. The molecule has 2 aromatic carbocycles. The van der Waals surface area contributed by atoms with Crippen molar-refractivity contribution in [2.75, 3.05) is 26.6 Å². The number of carbonyl (C=O) groups excluding carboxylic acids is 3. The first-order valence-electron chi connectivity index (χ1n) is 16.0. The van der Waals surface area contributed by atoms with Gasteiger partial charge in [-0.25, -0.2) is 27.6 Å². The number of thioether (sulfide) groups is 1. The second kappa shape index (κ2) is 20.0. The number of allylic oxidation sites excluding steroid dienone is 2. The Morgan fingerprint density at radius 1 is 1.08 bits per heavy atom. The Balaban J connectivity index is 1.43. The summed E-state index contributed by atoms with van der Waals surface area (Å²) in [7, 11) is 0. The van der Waals surface area contributed by atoms with Crippen LogP contribution in [0.15, 0.2) is 79.9 Å². The lowest BCUT2D eigenvalue weighted by molar-refractivity contribution is -0.158. The number of esters is 2. The molecule has 2 heterocycles. The number of hydrogen-bond acceptors (Lipinski definition) is 13. The van der Waals surface area contributed by atoms with Crippen LogP contribution < -0.4 is 0 Å². The van der Waals surface area contributed by atoms with Crippen molar-refractivity contribution in [2.45, 2.75) is 48.7 Å². The minimum Gasteiger partial charge on any atom is -0.461 e. The molecule has 0 radical (unpaired) electrons. The number of halogens is 3. The fraction of sp³-hybridized carbons (Fsp3) is 0.333. The van der Waals surface area contributed by atoms with Crippen molar-refractivity contribution in [1.29, 1.82) is 5.26 Å². The predicted octanol–water partition coefficient (Wildman–Crippen LogP) is 5.76. The van der Waals surface area contributed by atoms with Crippen molar-refractivity contribution in [3.8, 4) is 6.07 Å². The smallest absolute Gasteiger partial charge is 0.461 e. The van der Waals surface area contributed by atoms with Crippen LogP contribution in [0.4, 0.5) is 18.0 Å². The lowest BCUT2D eigenvalue weighted by Gasteiger charge is -2.40. The first-order valence-corrected chi connectivity index (χ1v) is 17.0. The Kier molecular flexibility index (Phi) is 15.2. The van der Waals surface area contributed by atoms with E-state index in [2.05, 4.69) is 16.7 Å². The third kappa shape index (κ3) is 12.1. The molecule has 0 N–H and O–H groups in total. The molecule has 1 aliphatic heterocycles. The Morgan fingerprint density at radius 2 is 1.83 bits per heavy atom. The number of benzene rings is 2. The normalized spacial score (nSPS) is 17.4. The summed E-state index contributed by atoms with van der Waals surface area (Å²) < 4.78 is 77.3. The molecular weight excluding hydrogens is 721 g/mol. The zero-order valence-electron chi connectivity index (χ0n) is 28.4. The summed E-state index contributed by atoms with van der Waals surface area (Å²) in [6, 6.07) is 8.81. The minimum absolute atomic E-state index is 0.0198. The maximum Gasteiger partial charge on any atom is 0.512 e. The van der Waals surface area contributed by atoms with E-state index in [0.29, 0.717) is 11.6 Å². The van der Waals surface area contributed by atoms with E-state index in [4.69, 9.17) is 33.7 Å². The van der Waals surface area contributed by atoms with Crippen LogP contribution in [0.3, 0.4) is 0 Å². The summed E-state index contributed by atoms with van der Waals surface area (Å²) >= 11 is 1.23. The maximum atomic E-state index is 15.6. The Bertz CT molecular complexity index is 1830. The van der Waals surface area contributed by atoms with E-state index in [1.165, 1.54) is 53.4 Å². The number of hydrogen-bond donors (Lipinski definition) is 0. The van der Waals surface area contributed by atoms with Gasteiger partial charge < -0.3 is 28.4 Å². The van der Waals surface area contributed by atoms with Gasteiger partial charge in [-0.2, -0.15) is 10.4 Å². The van der Waals surface area contributed by atoms with Gasteiger partial charge in [0.2, 0.25) is 6.79 Å². The van der Waals surface area contributed by atoms with Gasteiger partial charge >= 0.3 is 18.1 Å². The van der Waals surface area contributed by atoms with E-state index in [1.54, 1.807) is 25.2 Å². The zero-order chi connectivity index (χ0) is 38.2. The quantitative estimate of drug-likeness (QED) is 0.0538. The SMILES string of the molecule is C=CCOC(=O)CCC(=O)OCOC(=O)O[C@@](Cn1cncn1)(c1ccc(F)cc1F)[C@@H](C)SC1COC(/C=C/C=C/c2ccc(C#N)cc2F)OC1. The van der Waals surface area contributed by atoms with Gasteiger partial charge in [0.15, 0.2) is 11.9 Å². The van der Waals surface area contributed by atoms with Gasteiger partial charge in [-0.3, -0.25) is 9.59 Å². The average Bonchev–Trinajstić information content (AvgIpc) is 3.65. The van der Waals surface area contributed by atoms with Crippen molar-refractivity contribution < 1.29 is 56.0 Å². The largest absolute Gasteiger partial charge is 0.512 e. The number of carbonyl (C=O) groups is 3. The molecule has 0 unspecified atom stereocenters. The Hall–Kier alpha value is -5.44. The molecular formula is C36H35F3N4O9S. The predicted molar refractivity (Wildman–Crippen MR) is 183 cm³/mol. The first kappa shape index (κ1) is 40.3. The lowest BCUT2D eigenvalue weighted by Crippen LogP contribution is -2.47. The van der Waals surface area contributed by atoms with Crippen molar-refractivity contribution in [2.24, 2.45) is 0 Å². The first-order chi connectivity index (χ1) is 25.5. The fourth-order valence-corrected chi connectivity index (χ4v) is 6.31. The van der Waals surface area contributed by atoms with Crippen molar-refractivity contribution in [1.82, 2.24) is 14.8 Å². The second-order valence-corrected chi connectivity index (χ2v) is 12.9. The van der Waals surface area contributed by atoms with E-state index in [9.17, 15) is 23.2 Å². The molecule has 1 aliphatic rings. The highest BCUT2D eigenvalue weighted by atomic mass is 32.2. The molecule has 2 atom stereocenters. The monoisotopic (exact) mass is 756 g/mol. The topological polar surface area (TPSA) is 161 Å². The summed E-state index contributed by atoms with van der Waals surface area (Å²) in [6.45, 7) is 4.19. The van der Waals surface area contributed by atoms with E-state index in [-0.39, 0.29) is 55.6 Å². The number of aromatic nitrogens is 3. The molecule has 1 fully saturated rings. The van der Waals surface area contributed by atoms with Crippen LogP contribution in [0.25, 0.3) is 6.08 Å². The van der Waals surface area contributed by atoms with Gasteiger partial charge in [0.1, 0.15) is 36.7 Å². The Morgan fingerprint density at radius 3 is 2.49 bits per heavy atom. The van der Waals surface area contributed by atoms with Gasteiger partial charge in [0.05, 0.1) is 49.5 Å². The maximum absolute atomic E-state index is 15.6. The van der Waals surface area contributed by atoms with E-state index in [1.807, 2.05) is 6.07 Å². The van der Waals surface area contributed by atoms with Crippen LogP contribution in [0.2, 0.25) is 0 Å². The van der Waals surface area contributed by atoms with Crippen LogP contribution >= 0.6 is 11.8 Å². The molecule has 53 heavy (non-hydrogen) atoms. The van der Waals surface area contributed by atoms with Crippen molar-refractivity contribution in [3.63, 3.8) is 0 Å². The van der Waals surface area contributed by atoms with Gasteiger partial charge in [-0.1, -0.05) is 36.9 Å². The summed E-state index contributed by atoms with van der Waals surface area (Å²) in [6.07, 6.45) is 7.55. The third-order valence-electron chi connectivity index (χ3n) is 7.54. The number of rotatable bonds is 17. The fourth-order valence-electron chi connectivity index (χ4n) is 4.95. The molecule has 4 rings (SSSR count). The molecule has 0 aliphatic carbocycles. The van der Waals surface area contributed by atoms with Gasteiger partial charge in [0, 0.05) is 22.4 Å². The number of nitriles is 1. The minimum atomic E-state index is -1.91. The molecule has 0 saturated carbocycles. The van der Waals surface area contributed by atoms with Crippen LogP contribution in [-0.2, 0) is 50.2 Å². The number of ether oxygens (including phenoxy) is 6. The van der Waals surface area contributed by atoms with E-state index < -0.39 is 59.5 Å². The molecule has 17 heteroatoms. The van der Waals surface area contributed by atoms with Crippen LogP contribution in [0.1, 0.15) is 36.5 Å². The lowest BCUT2D eigenvalue weighted by atomic mass is 9.89. The van der Waals surface area contributed by atoms with Crippen molar-refractivity contribution >= 4 is 35.9 Å². The van der Waals surface area contributed by atoms with Gasteiger partial charge in [-0.05, 0) is 37.3 Å². The zero-order valence-corrected chi connectivity index (χ0v) is 29.2. The standard InChI is InChI=1S/C36H35F3N4O9S/c1-3-14-47-32(44)12-13-33(45)50-23-51-35(46)52-36(20-43-22-41-21-42-43,29-11-10-27(37)16-31(29)39)24(2)53-28-18-48-34(49-19-28)7-5-4-6-26-9-8-25(17-40)15-30(26)38/h3-11,15-16,21-22,24,28,34H,1,12-14,18-20,23H2,2H3/b6-4+,7-5+/t24-,28?,34?,36-/m1/s1. The third-order valence-corrected chi connectivity index (χ3v) is 8.98. The van der Waals surface area contributed by atoms with Crippen LogP contribution in [0.5, 0.6) is 0 Å². The summed E-state index contributed by atoms with van der Waals surface area (Å²) in [5.41, 5.74) is -1.61. The summed E-state index contributed by atoms with van der Waals surface area (Å²) in [5.74, 6) is -3.94. The van der Waals surface area contributed by atoms with E-state index in [0.717, 1.165) is 18.2 Å². The molecule has 0 spiro atoms. The molecule has 1 saturated heterocycles. The van der Waals surface area contributed by atoms with E-state index >= 15 is 4.39 Å². The van der Waals surface area contributed by atoms with Crippen LogP contribution in [0, 0.1) is 28.8 Å².